The fraction of sp³-hybridized carbons (Fsp3) is 0.300. The second kappa shape index (κ2) is 10.6. The van der Waals surface area contributed by atoms with Crippen molar-refractivity contribution in [2.45, 2.75) is 19.8 Å². The smallest absolute Gasteiger partial charge is 0.309 e. The molecule has 0 aliphatic heterocycles. The summed E-state index contributed by atoms with van der Waals surface area (Å²) in [6, 6.07) is 15.3. The van der Waals surface area contributed by atoms with Gasteiger partial charge in [-0.15, -0.1) is 0 Å². The minimum atomic E-state index is -0.278. The third-order valence-electron chi connectivity index (χ3n) is 3.61. The number of ether oxygens (including phenoxy) is 2. The molecule has 138 valence electrons. The monoisotopic (exact) mass is 419 g/mol. The van der Waals surface area contributed by atoms with E-state index in [1.165, 1.54) is 7.11 Å². The van der Waals surface area contributed by atoms with Gasteiger partial charge < -0.3 is 14.3 Å². The van der Waals surface area contributed by atoms with Crippen molar-refractivity contribution in [2.75, 3.05) is 20.3 Å². The lowest BCUT2D eigenvalue weighted by molar-refractivity contribution is -0.139. The van der Waals surface area contributed by atoms with Gasteiger partial charge in [-0.2, -0.15) is 0 Å². The van der Waals surface area contributed by atoms with Crippen molar-refractivity contribution in [1.29, 1.82) is 0 Å². The Bertz CT molecular complexity index is 744. The SMILES string of the molecule is CC/C(=N\OCCOc1cccc(CC(=O)OC)c1)c1ccc(Br)cc1. The molecular weight excluding hydrogens is 398 g/mol. The van der Waals surface area contributed by atoms with E-state index < -0.39 is 0 Å². The van der Waals surface area contributed by atoms with Gasteiger partial charge in [0.1, 0.15) is 12.4 Å². The van der Waals surface area contributed by atoms with E-state index in [1.807, 2.05) is 55.5 Å². The highest BCUT2D eigenvalue weighted by atomic mass is 79.9. The van der Waals surface area contributed by atoms with Gasteiger partial charge in [0.25, 0.3) is 0 Å². The molecule has 0 fully saturated rings. The Balaban J connectivity index is 1.81. The lowest BCUT2D eigenvalue weighted by atomic mass is 10.1. The molecule has 0 saturated carbocycles. The predicted octanol–water partition coefficient (Wildman–Crippen LogP) is 4.37. The van der Waals surface area contributed by atoms with Gasteiger partial charge in [-0.25, -0.2) is 0 Å². The molecular formula is C20H22BrNO4. The molecule has 0 unspecified atom stereocenters. The maximum Gasteiger partial charge on any atom is 0.309 e. The van der Waals surface area contributed by atoms with Crippen molar-refractivity contribution >= 4 is 27.6 Å². The van der Waals surface area contributed by atoms with Gasteiger partial charge in [-0.1, -0.05) is 52.3 Å². The first-order valence-electron chi connectivity index (χ1n) is 8.35. The van der Waals surface area contributed by atoms with Gasteiger partial charge in [0, 0.05) is 4.47 Å². The molecule has 0 aliphatic carbocycles. The Labute approximate surface area is 162 Å². The summed E-state index contributed by atoms with van der Waals surface area (Å²) in [7, 11) is 1.37. The van der Waals surface area contributed by atoms with Crippen LogP contribution in [-0.2, 0) is 20.8 Å². The predicted molar refractivity (Wildman–Crippen MR) is 105 cm³/mol. The quantitative estimate of drug-likeness (QED) is 0.262. The van der Waals surface area contributed by atoms with Crippen LogP contribution in [0.3, 0.4) is 0 Å². The fourth-order valence-electron chi connectivity index (χ4n) is 2.27. The minimum Gasteiger partial charge on any atom is -0.490 e. The van der Waals surface area contributed by atoms with Crippen LogP contribution in [-0.4, -0.2) is 32.0 Å². The molecule has 0 radical (unpaired) electrons. The van der Waals surface area contributed by atoms with E-state index in [0.29, 0.717) is 19.0 Å². The highest BCUT2D eigenvalue weighted by Gasteiger charge is 2.04. The molecule has 0 spiro atoms. The Hall–Kier alpha value is -2.34. The molecule has 0 aliphatic rings. The zero-order valence-electron chi connectivity index (χ0n) is 14.9. The number of rotatable bonds is 9. The lowest BCUT2D eigenvalue weighted by Gasteiger charge is -2.08. The summed E-state index contributed by atoms with van der Waals surface area (Å²) in [4.78, 5) is 16.7. The number of oxime groups is 1. The van der Waals surface area contributed by atoms with Gasteiger partial charge in [-0.05, 0) is 41.8 Å². The molecule has 5 nitrogen and oxygen atoms in total. The van der Waals surface area contributed by atoms with Crippen LogP contribution in [0.5, 0.6) is 5.75 Å². The van der Waals surface area contributed by atoms with Crippen molar-refractivity contribution in [2.24, 2.45) is 5.16 Å². The van der Waals surface area contributed by atoms with E-state index in [-0.39, 0.29) is 12.4 Å². The van der Waals surface area contributed by atoms with Crippen LogP contribution < -0.4 is 4.74 Å². The van der Waals surface area contributed by atoms with E-state index in [0.717, 1.165) is 27.7 Å². The van der Waals surface area contributed by atoms with Crippen LogP contribution in [0.15, 0.2) is 58.2 Å². The van der Waals surface area contributed by atoms with E-state index in [9.17, 15) is 4.79 Å². The molecule has 0 saturated heterocycles. The molecule has 0 aromatic heterocycles. The molecule has 0 bridgehead atoms. The fourth-order valence-corrected chi connectivity index (χ4v) is 2.53. The van der Waals surface area contributed by atoms with Gasteiger partial charge in [-0.3, -0.25) is 4.79 Å². The summed E-state index contributed by atoms with van der Waals surface area (Å²) in [5, 5.41) is 4.20. The molecule has 26 heavy (non-hydrogen) atoms. The molecule has 0 heterocycles. The summed E-state index contributed by atoms with van der Waals surface area (Å²) in [5.41, 5.74) is 2.77. The average Bonchev–Trinajstić information content (AvgIpc) is 2.66. The summed E-state index contributed by atoms with van der Waals surface area (Å²) < 4.78 is 11.3. The maximum absolute atomic E-state index is 11.3. The highest BCUT2D eigenvalue weighted by molar-refractivity contribution is 9.10. The van der Waals surface area contributed by atoms with Gasteiger partial charge in [0.05, 0.1) is 19.2 Å². The number of nitrogens with zero attached hydrogens (tertiary/aromatic N) is 1. The summed E-state index contributed by atoms with van der Waals surface area (Å²) in [6.45, 7) is 2.73. The summed E-state index contributed by atoms with van der Waals surface area (Å²) in [6.07, 6.45) is 1.000. The first-order chi connectivity index (χ1) is 12.6. The van der Waals surface area contributed by atoms with Crippen LogP contribution in [0.2, 0.25) is 0 Å². The summed E-state index contributed by atoms with van der Waals surface area (Å²) in [5.74, 6) is 0.405. The van der Waals surface area contributed by atoms with E-state index in [2.05, 4.69) is 25.8 Å². The van der Waals surface area contributed by atoms with Crippen LogP contribution >= 0.6 is 15.9 Å². The van der Waals surface area contributed by atoms with Crippen LogP contribution in [0, 0.1) is 0 Å². The number of halogens is 1. The molecule has 2 rings (SSSR count). The number of hydrogen-bond acceptors (Lipinski definition) is 5. The molecule has 0 amide bonds. The van der Waals surface area contributed by atoms with Gasteiger partial charge in [0.2, 0.25) is 0 Å². The van der Waals surface area contributed by atoms with Crippen molar-refractivity contribution in [1.82, 2.24) is 0 Å². The Morgan fingerprint density at radius 2 is 1.88 bits per heavy atom. The largest absolute Gasteiger partial charge is 0.490 e. The Kier molecular flexibility index (Phi) is 8.15. The first kappa shape index (κ1) is 20.0. The molecule has 2 aromatic carbocycles. The molecule has 2 aromatic rings. The normalized spacial score (nSPS) is 11.1. The van der Waals surface area contributed by atoms with Crippen LogP contribution in [0.4, 0.5) is 0 Å². The van der Waals surface area contributed by atoms with Crippen molar-refractivity contribution in [3.63, 3.8) is 0 Å². The molecule has 6 heteroatoms. The second-order valence-corrected chi connectivity index (χ2v) is 6.40. The van der Waals surface area contributed by atoms with E-state index in [1.54, 1.807) is 0 Å². The Morgan fingerprint density at radius 3 is 2.58 bits per heavy atom. The number of carbonyl (C=O) groups is 1. The Morgan fingerprint density at radius 1 is 1.12 bits per heavy atom. The second-order valence-electron chi connectivity index (χ2n) is 5.48. The number of esters is 1. The van der Waals surface area contributed by atoms with Crippen molar-refractivity contribution in [3.8, 4) is 5.75 Å². The van der Waals surface area contributed by atoms with Crippen molar-refractivity contribution in [3.05, 3.63) is 64.1 Å². The van der Waals surface area contributed by atoms with Crippen LogP contribution in [0.1, 0.15) is 24.5 Å². The van der Waals surface area contributed by atoms with Gasteiger partial charge >= 0.3 is 5.97 Å². The number of methoxy groups -OCH3 is 1. The number of carbonyl (C=O) groups excluding carboxylic acids is 1. The highest BCUT2D eigenvalue weighted by Crippen LogP contribution is 2.15. The molecule has 0 atom stereocenters. The standard InChI is InChI=1S/C20H22BrNO4/c1-3-19(16-7-9-17(21)10-8-16)22-26-12-11-25-18-6-4-5-15(13-18)14-20(23)24-2/h4-10,13H,3,11-12,14H2,1-2H3/b22-19+. The van der Waals surface area contributed by atoms with E-state index in [4.69, 9.17) is 9.57 Å². The van der Waals surface area contributed by atoms with Crippen molar-refractivity contribution < 1.29 is 19.1 Å². The number of benzene rings is 2. The van der Waals surface area contributed by atoms with Crippen LogP contribution in [0.25, 0.3) is 0 Å². The lowest BCUT2D eigenvalue weighted by Crippen LogP contribution is -2.07. The third-order valence-corrected chi connectivity index (χ3v) is 4.13. The average molecular weight is 420 g/mol. The third kappa shape index (κ3) is 6.52. The molecule has 0 N–H and O–H groups in total. The zero-order chi connectivity index (χ0) is 18.8. The summed E-state index contributed by atoms with van der Waals surface area (Å²) >= 11 is 3.42. The van der Waals surface area contributed by atoms with E-state index >= 15 is 0 Å². The first-order valence-corrected chi connectivity index (χ1v) is 9.15. The number of hydrogen-bond donors (Lipinski definition) is 0. The van der Waals surface area contributed by atoms with Gasteiger partial charge in [0.15, 0.2) is 6.61 Å². The zero-order valence-corrected chi connectivity index (χ0v) is 16.5. The maximum atomic E-state index is 11.3. The minimum absolute atomic E-state index is 0.224. The topological polar surface area (TPSA) is 57.1 Å².